The first-order valence-corrected chi connectivity index (χ1v) is 6.78. The molecule has 0 aromatic heterocycles. The van der Waals surface area contributed by atoms with Gasteiger partial charge in [0.2, 0.25) is 0 Å². The number of halogens is 2. The number of hydrogen-bond donors (Lipinski definition) is 1. The van der Waals surface area contributed by atoms with Crippen LogP contribution in [0.4, 0.5) is 4.39 Å². The van der Waals surface area contributed by atoms with E-state index in [0.29, 0.717) is 12.6 Å². The maximum atomic E-state index is 13.3. The van der Waals surface area contributed by atoms with Crippen molar-refractivity contribution in [2.24, 2.45) is 0 Å². The van der Waals surface area contributed by atoms with Gasteiger partial charge < -0.3 is 5.32 Å². The molecule has 1 unspecified atom stereocenters. The monoisotopic (exact) mass is 305 g/mol. The molecule has 1 atom stereocenters. The zero-order valence-electron chi connectivity index (χ0n) is 9.79. The molecule has 0 saturated heterocycles. The molecule has 0 aliphatic carbocycles. The highest BCUT2D eigenvalue weighted by atomic mass is 79.9. The van der Waals surface area contributed by atoms with Crippen molar-refractivity contribution in [3.8, 4) is 0 Å². The van der Waals surface area contributed by atoms with E-state index in [4.69, 9.17) is 0 Å². The van der Waals surface area contributed by atoms with Crippen molar-refractivity contribution in [2.75, 3.05) is 0 Å². The van der Waals surface area contributed by atoms with E-state index in [1.807, 2.05) is 18.2 Å². The third-order valence-corrected chi connectivity index (χ3v) is 4.11. The molecule has 1 nitrogen and oxygen atoms in total. The van der Waals surface area contributed by atoms with Gasteiger partial charge >= 0.3 is 0 Å². The summed E-state index contributed by atoms with van der Waals surface area (Å²) >= 11 is 3.47. The molecule has 0 radical (unpaired) electrons. The van der Waals surface area contributed by atoms with Gasteiger partial charge in [-0.2, -0.15) is 0 Å². The van der Waals surface area contributed by atoms with Gasteiger partial charge in [0.25, 0.3) is 0 Å². The second kappa shape index (κ2) is 4.82. The first-order valence-electron chi connectivity index (χ1n) is 5.99. The van der Waals surface area contributed by atoms with Crippen LogP contribution in [-0.2, 0) is 13.0 Å². The summed E-state index contributed by atoms with van der Waals surface area (Å²) in [6.45, 7) is 0.714. The van der Waals surface area contributed by atoms with Crippen LogP contribution in [0.25, 0.3) is 0 Å². The van der Waals surface area contributed by atoms with E-state index in [-0.39, 0.29) is 5.82 Å². The molecule has 0 bridgehead atoms. The predicted octanol–water partition coefficient (Wildman–Crippen LogP) is 3.98. The first-order chi connectivity index (χ1) is 8.74. The molecule has 92 valence electrons. The van der Waals surface area contributed by atoms with Crippen molar-refractivity contribution in [1.82, 2.24) is 5.32 Å². The van der Waals surface area contributed by atoms with Crippen LogP contribution in [0.5, 0.6) is 0 Å². The molecular weight excluding hydrogens is 293 g/mol. The van der Waals surface area contributed by atoms with Crippen molar-refractivity contribution in [3.05, 3.63) is 69.4 Å². The Morgan fingerprint density at radius 3 is 2.72 bits per heavy atom. The fourth-order valence-electron chi connectivity index (χ4n) is 2.47. The van der Waals surface area contributed by atoms with Gasteiger partial charge in [-0.1, -0.05) is 46.3 Å². The van der Waals surface area contributed by atoms with E-state index in [2.05, 4.69) is 33.4 Å². The lowest BCUT2D eigenvalue weighted by Crippen LogP contribution is -2.28. The zero-order chi connectivity index (χ0) is 12.5. The second-order valence-electron chi connectivity index (χ2n) is 4.57. The van der Waals surface area contributed by atoms with Crippen molar-refractivity contribution in [2.45, 2.75) is 19.0 Å². The standard InChI is InChI=1S/C15H13BrFN/c16-14-7-12(17)6-11-9-18-15(8-13(11)14)10-4-2-1-3-5-10/h1-7,15,18H,8-9H2. The van der Waals surface area contributed by atoms with E-state index in [1.165, 1.54) is 11.1 Å². The minimum atomic E-state index is -0.180. The first kappa shape index (κ1) is 11.9. The number of nitrogens with one attached hydrogen (secondary N) is 1. The Labute approximate surface area is 114 Å². The van der Waals surface area contributed by atoms with Crippen LogP contribution in [0.2, 0.25) is 0 Å². The summed E-state index contributed by atoms with van der Waals surface area (Å²) in [5.74, 6) is -0.180. The lowest BCUT2D eigenvalue weighted by molar-refractivity contribution is 0.493. The van der Waals surface area contributed by atoms with Crippen LogP contribution >= 0.6 is 15.9 Å². The van der Waals surface area contributed by atoms with E-state index in [1.54, 1.807) is 12.1 Å². The topological polar surface area (TPSA) is 12.0 Å². The molecule has 2 aromatic rings. The summed E-state index contributed by atoms with van der Waals surface area (Å²) in [5, 5.41) is 3.46. The predicted molar refractivity (Wildman–Crippen MR) is 73.8 cm³/mol. The number of benzene rings is 2. The number of fused-ring (bicyclic) bond motifs is 1. The normalized spacial score (nSPS) is 18.4. The SMILES string of the molecule is Fc1cc(Br)c2c(c1)CNC(c1ccccc1)C2. The maximum Gasteiger partial charge on any atom is 0.124 e. The lowest BCUT2D eigenvalue weighted by Gasteiger charge is -2.27. The summed E-state index contributed by atoms with van der Waals surface area (Å²) in [6.07, 6.45) is 0.889. The van der Waals surface area contributed by atoms with Crippen molar-refractivity contribution in [3.63, 3.8) is 0 Å². The Bertz CT molecular complexity index is 568. The Morgan fingerprint density at radius 2 is 1.94 bits per heavy atom. The summed E-state index contributed by atoms with van der Waals surface area (Å²) in [5.41, 5.74) is 3.54. The number of rotatable bonds is 1. The Balaban J connectivity index is 1.94. The van der Waals surface area contributed by atoms with E-state index < -0.39 is 0 Å². The highest BCUT2D eigenvalue weighted by molar-refractivity contribution is 9.10. The zero-order valence-corrected chi connectivity index (χ0v) is 11.4. The Morgan fingerprint density at radius 1 is 1.17 bits per heavy atom. The minimum absolute atomic E-state index is 0.180. The third-order valence-electron chi connectivity index (χ3n) is 3.40. The highest BCUT2D eigenvalue weighted by Crippen LogP contribution is 2.31. The van der Waals surface area contributed by atoms with E-state index in [0.717, 1.165) is 16.5 Å². The van der Waals surface area contributed by atoms with Gasteiger partial charge in [0.15, 0.2) is 0 Å². The fourth-order valence-corrected chi connectivity index (χ4v) is 3.11. The van der Waals surface area contributed by atoms with E-state index in [9.17, 15) is 4.39 Å². The largest absolute Gasteiger partial charge is 0.306 e. The molecule has 0 saturated carbocycles. The second-order valence-corrected chi connectivity index (χ2v) is 5.43. The molecule has 0 amide bonds. The average molecular weight is 306 g/mol. The summed E-state index contributed by atoms with van der Waals surface area (Å²) in [4.78, 5) is 0. The molecule has 2 aromatic carbocycles. The van der Waals surface area contributed by atoms with Crippen molar-refractivity contribution < 1.29 is 4.39 Å². The van der Waals surface area contributed by atoms with Crippen molar-refractivity contribution >= 4 is 15.9 Å². The van der Waals surface area contributed by atoms with Gasteiger partial charge in [-0.3, -0.25) is 0 Å². The molecule has 1 N–H and O–H groups in total. The third kappa shape index (κ3) is 2.20. The van der Waals surface area contributed by atoms with Gasteiger partial charge in [0.1, 0.15) is 5.82 Å². The Kier molecular flexibility index (Phi) is 3.18. The molecule has 0 fully saturated rings. The molecule has 3 rings (SSSR count). The molecule has 1 aliphatic rings. The van der Waals surface area contributed by atoms with Crippen molar-refractivity contribution in [1.29, 1.82) is 0 Å². The summed E-state index contributed by atoms with van der Waals surface area (Å²) in [7, 11) is 0. The van der Waals surface area contributed by atoms with Gasteiger partial charge in [-0.15, -0.1) is 0 Å². The Hall–Kier alpha value is -1.19. The maximum absolute atomic E-state index is 13.3. The van der Waals surface area contributed by atoms with Gasteiger partial charge in [-0.05, 0) is 35.2 Å². The van der Waals surface area contributed by atoms with Gasteiger partial charge in [0.05, 0.1) is 0 Å². The molecule has 0 spiro atoms. The van der Waals surface area contributed by atoms with Crippen LogP contribution in [0.3, 0.4) is 0 Å². The van der Waals surface area contributed by atoms with Crippen LogP contribution in [0.1, 0.15) is 22.7 Å². The van der Waals surface area contributed by atoms with Crippen LogP contribution in [-0.4, -0.2) is 0 Å². The smallest absolute Gasteiger partial charge is 0.124 e. The lowest BCUT2D eigenvalue weighted by atomic mass is 9.92. The fraction of sp³-hybridized carbons (Fsp3) is 0.200. The summed E-state index contributed by atoms with van der Waals surface area (Å²) in [6, 6.07) is 13.8. The molecule has 1 heterocycles. The highest BCUT2D eigenvalue weighted by Gasteiger charge is 2.21. The van der Waals surface area contributed by atoms with Gasteiger partial charge in [0, 0.05) is 17.1 Å². The minimum Gasteiger partial charge on any atom is -0.306 e. The number of hydrogen-bond acceptors (Lipinski definition) is 1. The molecule has 18 heavy (non-hydrogen) atoms. The molecular formula is C15H13BrFN. The molecule has 1 aliphatic heterocycles. The van der Waals surface area contributed by atoms with E-state index >= 15 is 0 Å². The van der Waals surface area contributed by atoms with Crippen LogP contribution < -0.4 is 5.32 Å². The average Bonchev–Trinajstić information content (AvgIpc) is 2.39. The summed E-state index contributed by atoms with van der Waals surface area (Å²) < 4.78 is 14.2. The van der Waals surface area contributed by atoms with Gasteiger partial charge in [-0.25, -0.2) is 4.39 Å². The quantitative estimate of drug-likeness (QED) is 0.840. The van der Waals surface area contributed by atoms with Crippen LogP contribution in [0.15, 0.2) is 46.9 Å². The molecule has 3 heteroatoms. The van der Waals surface area contributed by atoms with Crippen LogP contribution in [0, 0.1) is 5.82 Å².